The molecule has 0 aliphatic carbocycles. The minimum atomic E-state index is -0.269. The predicted molar refractivity (Wildman–Crippen MR) is 51.1 cm³/mol. The molecule has 1 heterocycles. The highest BCUT2D eigenvalue weighted by atomic mass is 35.5. The van der Waals surface area contributed by atoms with Gasteiger partial charge < -0.3 is 5.73 Å². The van der Waals surface area contributed by atoms with E-state index >= 15 is 0 Å². The Labute approximate surface area is 82.1 Å². The maximum Gasteiger partial charge on any atom is 0.129 e. The van der Waals surface area contributed by atoms with Gasteiger partial charge in [-0.05, 0) is 24.1 Å². The van der Waals surface area contributed by atoms with Crippen LogP contribution in [0.25, 0.3) is 0 Å². The lowest BCUT2D eigenvalue weighted by molar-refractivity contribution is 0.738. The zero-order valence-electron chi connectivity index (χ0n) is 7.29. The third-order valence-corrected chi connectivity index (χ3v) is 2.04. The maximum atomic E-state index is 8.47. The molecule has 0 saturated carbocycles. The first-order valence-electron chi connectivity index (χ1n) is 3.89. The molecule has 0 unspecified atom stereocenters. The van der Waals surface area contributed by atoms with E-state index in [2.05, 4.69) is 4.98 Å². The zero-order chi connectivity index (χ0) is 9.84. The highest BCUT2D eigenvalue weighted by molar-refractivity contribution is 6.29. The monoisotopic (exact) mass is 195 g/mol. The summed E-state index contributed by atoms with van der Waals surface area (Å²) in [6, 6.07) is 3.50. The Morgan fingerprint density at radius 2 is 2.46 bits per heavy atom. The van der Waals surface area contributed by atoms with Crippen LogP contribution in [-0.4, -0.2) is 4.98 Å². The fraction of sp³-hybridized carbons (Fsp3) is 0.333. The average molecular weight is 196 g/mol. The number of hydrogen-bond acceptors (Lipinski definition) is 3. The van der Waals surface area contributed by atoms with E-state index in [1.54, 1.807) is 12.3 Å². The summed E-state index contributed by atoms with van der Waals surface area (Å²) in [5, 5.41) is 8.92. The van der Waals surface area contributed by atoms with Gasteiger partial charge in [0.05, 0.1) is 12.5 Å². The molecule has 0 aromatic carbocycles. The van der Waals surface area contributed by atoms with Crippen molar-refractivity contribution in [1.29, 1.82) is 5.26 Å². The molecule has 0 amide bonds. The van der Waals surface area contributed by atoms with E-state index in [9.17, 15) is 0 Å². The fourth-order valence-electron chi connectivity index (χ4n) is 1.13. The summed E-state index contributed by atoms with van der Waals surface area (Å²) in [5.74, 6) is 0. The summed E-state index contributed by atoms with van der Waals surface area (Å²) in [7, 11) is 0. The lowest BCUT2D eigenvalue weighted by atomic mass is 10.0. The Hall–Kier alpha value is -1.11. The second kappa shape index (κ2) is 4.22. The molecule has 0 radical (unpaired) electrons. The largest absolute Gasteiger partial charge is 0.323 e. The molecule has 0 aliphatic rings. The average Bonchev–Trinajstić information content (AvgIpc) is 2.04. The van der Waals surface area contributed by atoms with Gasteiger partial charge in [0.1, 0.15) is 5.15 Å². The van der Waals surface area contributed by atoms with Crippen LogP contribution in [0.15, 0.2) is 12.3 Å². The van der Waals surface area contributed by atoms with E-state index in [0.717, 1.165) is 11.1 Å². The number of nitrogens with two attached hydrogens (primary N) is 1. The number of nitrogens with zero attached hydrogens (tertiary/aromatic N) is 2. The normalized spacial score (nSPS) is 12.2. The van der Waals surface area contributed by atoms with Crippen LogP contribution in [0.4, 0.5) is 0 Å². The van der Waals surface area contributed by atoms with Crippen molar-refractivity contribution < 1.29 is 0 Å². The Bertz CT molecular complexity index is 343. The smallest absolute Gasteiger partial charge is 0.129 e. The quantitative estimate of drug-likeness (QED) is 0.734. The van der Waals surface area contributed by atoms with Crippen molar-refractivity contribution in [3.05, 3.63) is 28.5 Å². The summed E-state index contributed by atoms with van der Waals surface area (Å²) in [4.78, 5) is 3.92. The number of aromatic nitrogens is 1. The highest BCUT2D eigenvalue weighted by Crippen LogP contribution is 2.19. The molecule has 0 spiro atoms. The third-order valence-electron chi connectivity index (χ3n) is 1.83. The molecule has 1 atom stereocenters. The van der Waals surface area contributed by atoms with Gasteiger partial charge in [0.2, 0.25) is 0 Å². The molecular formula is C9H10ClN3. The van der Waals surface area contributed by atoms with E-state index < -0.39 is 0 Å². The van der Waals surface area contributed by atoms with Gasteiger partial charge in [0.25, 0.3) is 0 Å². The van der Waals surface area contributed by atoms with Crippen LogP contribution in [0.3, 0.4) is 0 Å². The molecule has 13 heavy (non-hydrogen) atoms. The van der Waals surface area contributed by atoms with Crippen LogP contribution >= 0.6 is 11.6 Å². The van der Waals surface area contributed by atoms with Crippen molar-refractivity contribution in [3.8, 4) is 6.07 Å². The molecule has 3 nitrogen and oxygen atoms in total. The number of pyridine rings is 1. The number of rotatable bonds is 2. The van der Waals surface area contributed by atoms with Gasteiger partial charge in [0, 0.05) is 12.2 Å². The van der Waals surface area contributed by atoms with E-state index in [0.29, 0.717) is 11.6 Å². The van der Waals surface area contributed by atoms with Crippen LogP contribution in [0.1, 0.15) is 23.6 Å². The highest BCUT2D eigenvalue weighted by Gasteiger charge is 2.08. The first-order valence-corrected chi connectivity index (χ1v) is 4.27. The van der Waals surface area contributed by atoms with Crippen molar-refractivity contribution in [2.45, 2.75) is 19.4 Å². The summed E-state index contributed by atoms with van der Waals surface area (Å²) >= 11 is 5.68. The zero-order valence-corrected chi connectivity index (χ0v) is 8.04. The van der Waals surface area contributed by atoms with Gasteiger partial charge in [-0.3, -0.25) is 0 Å². The van der Waals surface area contributed by atoms with Gasteiger partial charge in [-0.15, -0.1) is 0 Å². The predicted octanol–water partition coefficient (Wildman–Crippen LogP) is 1.96. The lowest BCUT2D eigenvalue weighted by Gasteiger charge is -2.10. The molecule has 2 N–H and O–H groups in total. The van der Waals surface area contributed by atoms with Gasteiger partial charge in [0.15, 0.2) is 0 Å². The molecular weight excluding hydrogens is 186 g/mol. The first-order chi connectivity index (χ1) is 6.15. The van der Waals surface area contributed by atoms with Crippen LogP contribution in [0.5, 0.6) is 0 Å². The van der Waals surface area contributed by atoms with Crippen molar-refractivity contribution in [1.82, 2.24) is 4.98 Å². The van der Waals surface area contributed by atoms with E-state index in [4.69, 9.17) is 22.6 Å². The molecule has 1 rings (SSSR count). The van der Waals surface area contributed by atoms with Crippen LogP contribution in [0, 0.1) is 18.3 Å². The first kappa shape index (κ1) is 9.97. The molecule has 0 saturated heterocycles. The van der Waals surface area contributed by atoms with E-state index in [-0.39, 0.29) is 6.04 Å². The van der Waals surface area contributed by atoms with Crippen molar-refractivity contribution in [2.75, 3.05) is 0 Å². The fourth-order valence-corrected chi connectivity index (χ4v) is 1.34. The van der Waals surface area contributed by atoms with Gasteiger partial charge in [-0.25, -0.2) is 4.98 Å². The lowest BCUT2D eigenvalue weighted by Crippen LogP contribution is -2.11. The number of nitriles is 1. The van der Waals surface area contributed by atoms with Gasteiger partial charge >= 0.3 is 0 Å². The van der Waals surface area contributed by atoms with Crippen LogP contribution in [0.2, 0.25) is 5.15 Å². The van der Waals surface area contributed by atoms with E-state index in [1.165, 1.54) is 0 Å². The third kappa shape index (κ3) is 2.41. The summed E-state index contributed by atoms with van der Waals surface area (Å²) in [6.45, 7) is 1.90. The Kier molecular flexibility index (Phi) is 3.24. The summed E-state index contributed by atoms with van der Waals surface area (Å²) in [5.41, 5.74) is 7.61. The standard InChI is InChI=1S/C9H10ClN3/c1-6-4-9(10)13-5-7(6)8(12)2-3-11/h4-5,8H,2,12H2,1H3/t8-/m1/s1. The van der Waals surface area contributed by atoms with Gasteiger partial charge in [-0.1, -0.05) is 11.6 Å². The second-order valence-electron chi connectivity index (χ2n) is 2.83. The summed E-state index contributed by atoms with van der Waals surface area (Å²) < 4.78 is 0. The second-order valence-corrected chi connectivity index (χ2v) is 3.22. The minimum Gasteiger partial charge on any atom is -0.323 e. The molecule has 68 valence electrons. The van der Waals surface area contributed by atoms with Crippen LogP contribution < -0.4 is 5.73 Å². The van der Waals surface area contributed by atoms with E-state index in [1.807, 2.05) is 13.0 Å². The number of hydrogen-bond donors (Lipinski definition) is 1. The van der Waals surface area contributed by atoms with Crippen molar-refractivity contribution >= 4 is 11.6 Å². The minimum absolute atomic E-state index is 0.269. The molecule has 0 aliphatic heterocycles. The Morgan fingerprint density at radius 1 is 1.77 bits per heavy atom. The molecule has 0 bridgehead atoms. The van der Waals surface area contributed by atoms with Crippen molar-refractivity contribution in [2.24, 2.45) is 5.73 Å². The number of halogens is 1. The molecule has 0 fully saturated rings. The topological polar surface area (TPSA) is 62.7 Å². The molecule has 4 heteroatoms. The van der Waals surface area contributed by atoms with Gasteiger partial charge in [-0.2, -0.15) is 5.26 Å². The molecule has 1 aromatic rings. The Morgan fingerprint density at radius 3 is 3.00 bits per heavy atom. The van der Waals surface area contributed by atoms with Crippen LogP contribution in [-0.2, 0) is 0 Å². The molecule has 1 aromatic heterocycles. The number of aryl methyl sites for hydroxylation is 1. The Balaban J connectivity index is 2.96. The maximum absolute atomic E-state index is 8.47. The van der Waals surface area contributed by atoms with Crippen molar-refractivity contribution in [3.63, 3.8) is 0 Å². The SMILES string of the molecule is Cc1cc(Cl)ncc1[C@H](N)CC#N. The summed E-state index contributed by atoms with van der Waals surface area (Å²) in [6.07, 6.45) is 1.92.